The fourth-order valence-corrected chi connectivity index (χ4v) is 3.29. The molecule has 1 heterocycles. The Morgan fingerprint density at radius 3 is 2.52 bits per heavy atom. The second-order valence-corrected chi connectivity index (χ2v) is 7.98. The Labute approximate surface area is 196 Å². The van der Waals surface area contributed by atoms with Crippen molar-refractivity contribution in [2.75, 3.05) is 17.8 Å². The molecule has 0 aliphatic rings. The summed E-state index contributed by atoms with van der Waals surface area (Å²) in [6.45, 7) is 2.72. The zero-order chi connectivity index (χ0) is 22.2. The van der Waals surface area contributed by atoms with Crippen molar-refractivity contribution in [3.63, 3.8) is 0 Å². The number of anilines is 1. The van der Waals surface area contributed by atoms with Gasteiger partial charge in [0, 0.05) is 11.3 Å². The predicted octanol–water partition coefficient (Wildman–Crippen LogP) is 6.38. The van der Waals surface area contributed by atoms with Crippen LogP contribution in [0.2, 0.25) is 10.0 Å². The van der Waals surface area contributed by atoms with Crippen molar-refractivity contribution in [2.45, 2.75) is 32.6 Å². The quantitative estimate of drug-likeness (QED) is 0.269. The lowest BCUT2D eigenvalue weighted by Crippen LogP contribution is -2.12. The first-order valence-corrected chi connectivity index (χ1v) is 11.3. The molecule has 1 amide bonds. The molecule has 0 unspecified atom stereocenters. The van der Waals surface area contributed by atoms with Gasteiger partial charge in [-0.1, -0.05) is 49.4 Å². The minimum Gasteiger partial charge on any atom is -0.462 e. The monoisotopic (exact) mass is 480 g/mol. The summed E-state index contributed by atoms with van der Waals surface area (Å²) >= 11 is 17.8. The van der Waals surface area contributed by atoms with Gasteiger partial charge in [0.2, 0.25) is 5.91 Å². The Hall–Kier alpha value is -2.28. The van der Waals surface area contributed by atoms with E-state index in [4.69, 9.17) is 39.5 Å². The summed E-state index contributed by atoms with van der Waals surface area (Å²) in [7, 11) is 0. The van der Waals surface area contributed by atoms with Gasteiger partial charge in [-0.05, 0) is 48.9 Å². The summed E-state index contributed by atoms with van der Waals surface area (Å²) in [4.78, 5) is 16.1. The van der Waals surface area contributed by atoms with Crippen LogP contribution in [0.4, 0.5) is 5.69 Å². The van der Waals surface area contributed by atoms with Crippen molar-refractivity contribution < 1.29 is 9.53 Å². The molecular weight excluding hydrogens is 459 g/mol. The number of amides is 1. The van der Waals surface area contributed by atoms with E-state index < -0.39 is 0 Å². The molecule has 0 aliphatic carbocycles. The van der Waals surface area contributed by atoms with E-state index in [1.54, 1.807) is 28.9 Å². The van der Waals surface area contributed by atoms with Gasteiger partial charge in [-0.2, -0.15) is 4.98 Å². The number of nitrogens with one attached hydrogen (secondary N) is 1. The van der Waals surface area contributed by atoms with Gasteiger partial charge in [0.05, 0.1) is 22.3 Å². The van der Waals surface area contributed by atoms with E-state index in [1.165, 1.54) is 6.42 Å². The van der Waals surface area contributed by atoms with Crippen LogP contribution in [0.15, 0.2) is 42.5 Å². The highest BCUT2D eigenvalue weighted by Gasteiger charge is 2.16. The molecule has 0 fully saturated rings. The third-order valence-corrected chi connectivity index (χ3v) is 5.49. The number of alkyl halides is 1. The highest BCUT2D eigenvalue weighted by atomic mass is 35.5. The van der Waals surface area contributed by atoms with E-state index >= 15 is 0 Å². The topological polar surface area (TPSA) is 69.0 Å². The number of carbonyl (C=O) groups is 1. The first-order valence-electron chi connectivity index (χ1n) is 10.0. The molecular formula is C22H23Cl3N4O2. The number of nitrogens with zero attached hydrogens (tertiary/aromatic N) is 3. The maximum Gasteiger partial charge on any atom is 0.336 e. The van der Waals surface area contributed by atoms with Crippen LogP contribution in [-0.2, 0) is 4.79 Å². The van der Waals surface area contributed by atoms with Gasteiger partial charge in [0.25, 0.3) is 0 Å². The van der Waals surface area contributed by atoms with E-state index in [0.29, 0.717) is 28.2 Å². The average Bonchev–Trinajstić information content (AvgIpc) is 3.20. The van der Waals surface area contributed by atoms with Crippen LogP contribution in [0.1, 0.15) is 32.6 Å². The van der Waals surface area contributed by atoms with Crippen LogP contribution in [-0.4, -0.2) is 33.2 Å². The lowest BCUT2D eigenvalue weighted by atomic mass is 10.2. The van der Waals surface area contributed by atoms with Gasteiger partial charge < -0.3 is 10.1 Å². The number of carbonyl (C=O) groups excluding carboxylic acids is 1. The Morgan fingerprint density at radius 1 is 1.06 bits per heavy atom. The number of rotatable bonds is 10. The van der Waals surface area contributed by atoms with Crippen LogP contribution in [0.3, 0.4) is 0 Å². The molecule has 0 saturated heterocycles. The fourth-order valence-electron chi connectivity index (χ4n) is 2.93. The van der Waals surface area contributed by atoms with Crippen molar-refractivity contribution in [3.05, 3.63) is 52.5 Å². The van der Waals surface area contributed by atoms with Crippen LogP contribution in [0.5, 0.6) is 6.01 Å². The third kappa shape index (κ3) is 6.35. The second-order valence-electron chi connectivity index (χ2n) is 6.90. The first kappa shape index (κ1) is 23.4. The summed E-state index contributed by atoms with van der Waals surface area (Å²) < 4.78 is 7.46. The van der Waals surface area contributed by atoms with E-state index in [2.05, 4.69) is 22.3 Å². The van der Waals surface area contributed by atoms with Gasteiger partial charge in [0.15, 0.2) is 5.82 Å². The standard InChI is InChI=1S/C22H23Cl3N4O2/c1-2-3-4-5-12-31-22-27-21(15-6-11-18(24)19(25)13-15)29(28-22)17-9-7-16(8-10-17)26-20(30)14-23/h6-11,13H,2-5,12,14H2,1H3,(H,26,30). The molecule has 1 N–H and O–H groups in total. The van der Waals surface area contributed by atoms with Crippen molar-refractivity contribution >= 4 is 46.4 Å². The summed E-state index contributed by atoms with van der Waals surface area (Å²) in [5.74, 6) is 0.190. The van der Waals surface area contributed by atoms with Crippen molar-refractivity contribution in [3.8, 4) is 23.1 Å². The van der Waals surface area contributed by atoms with Crippen molar-refractivity contribution in [1.82, 2.24) is 14.8 Å². The van der Waals surface area contributed by atoms with E-state index in [9.17, 15) is 4.79 Å². The normalized spacial score (nSPS) is 10.8. The Balaban J connectivity index is 1.89. The molecule has 2 aromatic carbocycles. The Kier molecular flexibility index (Phi) is 8.58. The number of hydrogen-bond donors (Lipinski definition) is 1. The number of unbranched alkanes of at least 4 members (excludes halogenated alkanes) is 3. The Morgan fingerprint density at radius 2 is 1.84 bits per heavy atom. The van der Waals surface area contributed by atoms with Crippen LogP contribution in [0, 0.1) is 0 Å². The van der Waals surface area contributed by atoms with E-state index in [1.807, 2.05) is 18.2 Å². The molecule has 6 nitrogen and oxygen atoms in total. The molecule has 0 spiro atoms. The largest absolute Gasteiger partial charge is 0.462 e. The van der Waals surface area contributed by atoms with Crippen molar-refractivity contribution in [2.24, 2.45) is 0 Å². The molecule has 0 atom stereocenters. The summed E-state index contributed by atoms with van der Waals surface area (Å²) in [5, 5.41) is 8.13. The van der Waals surface area contributed by atoms with Gasteiger partial charge in [-0.15, -0.1) is 16.7 Å². The van der Waals surface area contributed by atoms with Gasteiger partial charge in [-0.25, -0.2) is 4.68 Å². The fraction of sp³-hybridized carbons (Fsp3) is 0.318. The van der Waals surface area contributed by atoms with Crippen LogP contribution >= 0.6 is 34.8 Å². The third-order valence-electron chi connectivity index (χ3n) is 4.51. The SMILES string of the molecule is CCCCCCOc1nc(-c2ccc(Cl)c(Cl)c2)n(-c2ccc(NC(=O)CCl)cc2)n1. The molecule has 3 rings (SSSR count). The average molecular weight is 482 g/mol. The summed E-state index contributed by atoms with van der Waals surface area (Å²) in [5.41, 5.74) is 2.14. The molecule has 0 bridgehead atoms. The highest BCUT2D eigenvalue weighted by Crippen LogP contribution is 2.30. The lowest BCUT2D eigenvalue weighted by molar-refractivity contribution is -0.113. The molecule has 9 heteroatoms. The molecule has 0 radical (unpaired) electrons. The van der Waals surface area contributed by atoms with Crippen LogP contribution < -0.4 is 10.1 Å². The number of ether oxygens (including phenoxy) is 1. The Bertz CT molecular complexity index is 1020. The van der Waals surface area contributed by atoms with E-state index in [0.717, 1.165) is 30.5 Å². The molecule has 0 saturated carbocycles. The minimum absolute atomic E-state index is 0.106. The molecule has 164 valence electrons. The lowest BCUT2D eigenvalue weighted by Gasteiger charge is -2.08. The maximum absolute atomic E-state index is 11.5. The molecule has 1 aromatic heterocycles. The van der Waals surface area contributed by atoms with Crippen LogP contribution in [0.25, 0.3) is 17.1 Å². The molecule has 3 aromatic rings. The maximum atomic E-state index is 11.5. The van der Waals surface area contributed by atoms with Gasteiger partial charge in [-0.3, -0.25) is 4.79 Å². The van der Waals surface area contributed by atoms with Gasteiger partial charge >= 0.3 is 6.01 Å². The number of benzene rings is 2. The number of aromatic nitrogens is 3. The number of halogens is 3. The number of hydrogen-bond acceptors (Lipinski definition) is 4. The van der Waals surface area contributed by atoms with Gasteiger partial charge in [0.1, 0.15) is 5.88 Å². The smallest absolute Gasteiger partial charge is 0.336 e. The predicted molar refractivity (Wildman–Crippen MR) is 126 cm³/mol. The molecule has 31 heavy (non-hydrogen) atoms. The summed E-state index contributed by atoms with van der Waals surface area (Å²) in [6, 6.07) is 12.8. The minimum atomic E-state index is -0.273. The summed E-state index contributed by atoms with van der Waals surface area (Å²) in [6.07, 6.45) is 4.38. The van der Waals surface area contributed by atoms with E-state index in [-0.39, 0.29) is 17.8 Å². The highest BCUT2D eigenvalue weighted by molar-refractivity contribution is 6.42. The molecule has 0 aliphatic heterocycles. The zero-order valence-corrected chi connectivity index (χ0v) is 19.3. The zero-order valence-electron chi connectivity index (χ0n) is 17.1. The first-order chi connectivity index (χ1) is 15.0. The second kappa shape index (κ2) is 11.4. The van der Waals surface area contributed by atoms with Crippen molar-refractivity contribution in [1.29, 1.82) is 0 Å².